The highest BCUT2D eigenvalue weighted by Crippen LogP contribution is 2.29. The van der Waals surface area contributed by atoms with Crippen molar-refractivity contribution in [2.45, 2.75) is 6.92 Å². The molecule has 0 unspecified atom stereocenters. The van der Waals surface area contributed by atoms with Gasteiger partial charge in [-0.2, -0.15) is 0 Å². The van der Waals surface area contributed by atoms with Gasteiger partial charge in [0.25, 0.3) is 5.56 Å². The van der Waals surface area contributed by atoms with Gasteiger partial charge in [-0.05, 0) is 42.8 Å². The lowest BCUT2D eigenvalue weighted by molar-refractivity contribution is 0.584. The highest BCUT2D eigenvalue weighted by molar-refractivity contribution is 6.07. The topological polar surface area (TPSA) is 37.8 Å². The molecule has 0 fully saturated rings. The van der Waals surface area contributed by atoms with Crippen molar-refractivity contribution in [2.24, 2.45) is 7.05 Å². The Morgan fingerprint density at radius 1 is 0.958 bits per heavy atom. The maximum atomic E-state index is 13.6. The van der Waals surface area contributed by atoms with E-state index >= 15 is 0 Å². The number of nitrogens with zero attached hydrogens (tertiary/aromatic N) is 1. The third kappa shape index (κ3) is 2.12. The van der Waals surface area contributed by atoms with Crippen molar-refractivity contribution >= 4 is 21.9 Å². The van der Waals surface area contributed by atoms with Crippen LogP contribution in [0.15, 0.2) is 47.3 Å². The Labute approximate surface area is 136 Å². The van der Waals surface area contributed by atoms with Gasteiger partial charge < -0.3 is 4.98 Å². The molecule has 0 amide bonds. The fourth-order valence-electron chi connectivity index (χ4n) is 3.13. The quantitative estimate of drug-likeness (QED) is 0.558. The van der Waals surface area contributed by atoms with Crippen molar-refractivity contribution in [2.75, 3.05) is 0 Å². The number of halogens is 2. The van der Waals surface area contributed by atoms with Gasteiger partial charge in [0.1, 0.15) is 17.3 Å². The molecule has 0 spiro atoms. The molecule has 0 aliphatic heterocycles. The molecule has 0 saturated heterocycles. The molecular formula is C19H14F2N2O. The van der Waals surface area contributed by atoms with Crippen LogP contribution in [-0.4, -0.2) is 9.55 Å². The van der Waals surface area contributed by atoms with Crippen LogP contribution < -0.4 is 5.56 Å². The number of hydrogen-bond acceptors (Lipinski definition) is 1. The third-order valence-electron chi connectivity index (χ3n) is 4.31. The summed E-state index contributed by atoms with van der Waals surface area (Å²) in [4.78, 5) is 15.9. The van der Waals surface area contributed by atoms with Crippen LogP contribution in [0.3, 0.4) is 0 Å². The minimum absolute atomic E-state index is 0.233. The molecule has 2 aromatic carbocycles. The predicted octanol–water partition coefficient (Wildman–Crippen LogP) is 4.27. The van der Waals surface area contributed by atoms with Crippen LogP contribution in [0.25, 0.3) is 33.1 Å². The maximum Gasteiger partial charge on any atom is 0.259 e. The summed E-state index contributed by atoms with van der Waals surface area (Å²) in [5.41, 5.74) is 2.88. The molecule has 120 valence electrons. The second-order valence-corrected chi connectivity index (χ2v) is 6.02. The summed E-state index contributed by atoms with van der Waals surface area (Å²) in [6, 6.07) is 10.8. The van der Waals surface area contributed by atoms with Gasteiger partial charge in [-0.15, -0.1) is 0 Å². The smallest absolute Gasteiger partial charge is 0.259 e. The van der Waals surface area contributed by atoms with Crippen LogP contribution in [0.1, 0.15) is 5.56 Å². The van der Waals surface area contributed by atoms with Crippen LogP contribution in [0.2, 0.25) is 0 Å². The van der Waals surface area contributed by atoms with Crippen molar-refractivity contribution in [3.8, 4) is 11.1 Å². The molecule has 0 radical (unpaired) electrons. The summed E-state index contributed by atoms with van der Waals surface area (Å²) in [5.74, 6) is -1.41. The number of benzene rings is 2. The van der Waals surface area contributed by atoms with E-state index in [1.54, 1.807) is 13.1 Å². The molecule has 3 nitrogen and oxygen atoms in total. The number of pyridine rings is 1. The highest BCUT2D eigenvalue weighted by Gasteiger charge is 2.14. The van der Waals surface area contributed by atoms with Gasteiger partial charge in [-0.1, -0.05) is 11.6 Å². The van der Waals surface area contributed by atoms with E-state index in [-0.39, 0.29) is 16.7 Å². The number of aromatic nitrogens is 2. The first kappa shape index (κ1) is 14.6. The molecular weight excluding hydrogens is 310 g/mol. The van der Waals surface area contributed by atoms with Gasteiger partial charge in [-0.3, -0.25) is 9.36 Å². The number of fused-ring (bicyclic) bond motifs is 3. The first-order chi connectivity index (χ1) is 11.4. The standard InChI is InChI=1S/C19H14F2N2O/c1-10-3-4-17-15(5-10)16-9-14(19(24)23(2)18(16)22-17)11-6-12(20)8-13(21)7-11/h3-9,22H,1-2H3. The van der Waals surface area contributed by atoms with Gasteiger partial charge in [-0.25, -0.2) is 8.78 Å². The Morgan fingerprint density at radius 2 is 1.67 bits per heavy atom. The van der Waals surface area contributed by atoms with Crippen molar-refractivity contribution in [3.63, 3.8) is 0 Å². The Kier molecular flexibility index (Phi) is 3.06. The second kappa shape index (κ2) is 5.03. The van der Waals surface area contributed by atoms with Crippen LogP contribution in [-0.2, 0) is 7.05 Å². The monoisotopic (exact) mass is 324 g/mol. The fraction of sp³-hybridized carbons (Fsp3) is 0.105. The molecule has 4 rings (SSSR count). The van der Waals surface area contributed by atoms with E-state index in [4.69, 9.17) is 0 Å². The second-order valence-electron chi connectivity index (χ2n) is 6.02. The van der Waals surface area contributed by atoms with Crippen LogP contribution >= 0.6 is 0 Å². The number of H-pyrrole nitrogens is 1. The van der Waals surface area contributed by atoms with Crippen LogP contribution in [0.4, 0.5) is 8.78 Å². The van der Waals surface area contributed by atoms with E-state index in [0.29, 0.717) is 5.65 Å². The summed E-state index contributed by atoms with van der Waals surface area (Å²) in [6.45, 7) is 1.99. The van der Waals surface area contributed by atoms with Gasteiger partial charge in [0, 0.05) is 35.0 Å². The zero-order chi connectivity index (χ0) is 17.0. The molecule has 2 heterocycles. The molecule has 0 aliphatic carbocycles. The number of hydrogen-bond donors (Lipinski definition) is 1. The number of aryl methyl sites for hydroxylation is 2. The van der Waals surface area contributed by atoms with Gasteiger partial charge in [0.2, 0.25) is 0 Å². The van der Waals surface area contributed by atoms with Gasteiger partial charge >= 0.3 is 0 Å². The highest BCUT2D eigenvalue weighted by atomic mass is 19.1. The SMILES string of the molecule is Cc1ccc2[nH]c3c(cc(-c4cc(F)cc(F)c4)c(=O)n3C)c2c1. The minimum Gasteiger partial charge on any atom is -0.341 e. The van der Waals surface area contributed by atoms with Crippen LogP contribution in [0, 0.1) is 18.6 Å². The molecule has 1 N–H and O–H groups in total. The summed E-state index contributed by atoms with van der Waals surface area (Å²) >= 11 is 0. The first-order valence-electron chi connectivity index (χ1n) is 7.52. The number of rotatable bonds is 1. The Bertz CT molecular complexity index is 1150. The van der Waals surface area contributed by atoms with Crippen molar-refractivity contribution in [1.29, 1.82) is 0 Å². The molecule has 2 aromatic heterocycles. The molecule has 0 atom stereocenters. The van der Waals surface area contributed by atoms with Gasteiger partial charge in [0.05, 0.1) is 0 Å². The van der Waals surface area contributed by atoms with E-state index in [2.05, 4.69) is 4.98 Å². The average molecular weight is 324 g/mol. The van der Waals surface area contributed by atoms with Crippen molar-refractivity contribution in [3.05, 3.63) is 70.0 Å². The number of aromatic amines is 1. The lowest BCUT2D eigenvalue weighted by Gasteiger charge is -2.07. The molecule has 0 bridgehead atoms. The van der Waals surface area contributed by atoms with Crippen molar-refractivity contribution in [1.82, 2.24) is 9.55 Å². The largest absolute Gasteiger partial charge is 0.341 e. The summed E-state index contributed by atoms with van der Waals surface area (Å²) in [7, 11) is 1.64. The molecule has 4 aromatic rings. The molecule has 24 heavy (non-hydrogen) atoms. The maximum absolute atomic E-state index is 13.6. The number of nitrogens with one attached hydrogen (secondary N) is 1. The molecule has 0 aliphatic rings. The minimum atomic E-state index is -0.707. The Morgan fingerprint density at radius 3 is 2.38 bits per heavy atom. The summed E-state index contributed by atoms with van der Waals surface area (Å²) < 4.78 is 28.6. The third-order valence-corrected chi connectivity index (χ3v) is 4.31. The van der Waals surface area contributed by atoms with Crippen molar-refractivity contribution < 1.29 is 8.78 Å². The fourth-order valence-corrected chi connectivity index (χ4v) is 3.13. The zero-order valence-electron chi connectivity index (χ0n) is 13.2. The normalized spacial score (nSPS) is 11.5. The zero-order valence-corrected chi connectivity index (χ0v) is 13.2. The van der Waals surface area contributed by atoms with E-state index in [9.17, 15) is 13.6 Å². The lowest BCUT2D eigenvalue weighted by Crippen LogP contribution is -2.19. The van der Waals surface area contributed by atoms with E-state index in [1.165, 1.54) is 16.7 Å². The Hall–Kier alpha value is -2.95. The predicted molar refractivity (Wildman–Crippen MR) is 91.1 cm³/mol. The van der Waals surface area contributed by atoms with Gasteiger partial charge in [0.15, 0.2) is 0 Å². The van der Waals surface area contributed by atoms with E-state index in [1.807, 2.05) is 25.1 Å². The lowest BCUT2D eigenvalue weighted by atomic mass is 10.0. The average Bonchev–Trinajstić information content (AvgIpc) is 2.88. The molecule has 5 heteroatoms. The Balaban J connectivity index is 2.13. The summed E-state index contributed by atoms with van der Waals surface area (Å²) in [5, 5.41) is 1.81. The van der Waals surface area contributed by atoms with Crippen LogP contribution in [0.5, 0.6) is 0 Å². The van der Waals surface area contributed by atoms with E-state index in [0.717, 1.165) is 27.9 Å². The summed E-state index contributed by atoms with van der Waals surface area (Å²) in [6.07, 6.45) is 0. The molecule has 0 saturated carbocycles. The first-order valence-corrected chi connectivity index (χ1v) is 7.52. The van der Waals surface area contributed by atoms with E-state index < -0.39 is 11.6 Å².